The molecule has 1 saturated heterocycles. The van der Waals surface area contributed by atoms with Crippen LogP contribution in [0.4, 0.5) is 0 Å². The zero-order chi connectivity index (χ0) is 17.6. The number of hydrogen-bond donors (Lipinski definition) is 1. The molecule has 1 aromatic carbocycles. The summed E-state index contributed by atoms with van der Waals surface area (Å²) >= 11 is 0. The maximum absolute atomic E-state index is 12.9. The minimum Gasteiger partial charge on any atom is -0.374 e. The van der Waals surface area contributed by atoms with Crippen LogP contribution < -0.4 is 5.32 Å². The number of benzene rings is 1. The highest BCUT2D eigenvalue weighted by Crippen LogP contribution is 2.24. The molecule has 0 saturated carbocycles. The summed E-state index contributed by atoms with van der Waals surface area (Å²) in [5, 5.41) is 7.19. The highest BCUT2D eigenvalue weighted by atomic mass is 16.5. The normalized spacial score (nSPS) is 19.7. The van der Waals surface area contributed by atoms with Gasteiger partial charge in [-0.05, 0) is 19.4 Å². The Balaban J connectivity index is 1.76. The van der Waals surface area contributed by atoms with Crippen LogP contribution in [0.25, 0.3) is 0 Å². The molecule has 7 nitrogen and oxygen atoms in total. The van der Waals surface area contributed by atoms with Gasteiger partial charge in [0.1, 0.15) is 18.7 Å². The van der Waals surface area contributed by atoms with E-state index in [-0.39, 0.29) is 24.1 Å². The molecule has 1 aliphatic heterocycles. The molecule has 0 unspecified atom stereocenters. The molecule has 25 heavy (non-hydrogen) atoms. The van der Waals surface area contributed by atoms with E-state index in [1.54, 1.807) is 11.0 Å². The van der Waals surface area contributed by atoms with Gasteiger partial charge in [0.15, 0.2) is 0 Å². The molecular formula is C18H25N5O2. The van der Waals surface area contributed by atoms with Crippen LogP contribution in [-0.4, -0.2) is 57.4 Å². The van der Waals surface area contributed by atoms with E-state index in [0.29, 0.717) is 19.7 Å². The molecule has 2 aromatic rings. The smallest absolute Gasteiger partial charge is 0.242 e. The zero-order valence-electron chi connectivity index (χ0n) is 14.7. The van der Waals surface area contributed by atoms with Gasteiger partial charge in [-0.15, -0.1) is 0 Å². The Bertz CT molecular complexity index is 659. The molecular weight excluding hydrogens is 318 g/mol. The van der Waals surface area contributed by atoms with Gasteiger partial charge in [-0.25, -0.2) is 4.98 Å². The quantitative estimate of drug-likeness (QED) is 0.854. The number of nitrogens with zero attached hydrogens (tertiary/aromatic N) is 4. The van der Waals surface area contributed by atoms with Crippen molar-refractivity contribution >= 4 is 5.91 Å². The second kappa shape index (κ2) is 8.22. The van der Waals surface area contributed by atoms with Gasteiger partial charge in [-0.2, -0.15) is 5.10 Å². The van der Waals surface area contributed by atoms with E-state index in [0.717, 1.165) is 12.1 Å². The number of hydrogen-bond acceptors (Lipinski definition) is 5. The summed E-state index contributed by atoms with van der Waals surface area (Å²) in [6, 6.07) is 9.71. The van der Waals surface area contributed by atoms with Crippen molar-refractivity contribution in [2.75, 3.05) is 19.7 Å². The molecule has 2 heterocycles. The second-order valence-electron chi connectivity index (χ2n) is 6.58. The van der Waals surface area contributed by atoms with Gasteiger partial charge in [-0.3, -0.25) is 14.4 Å². The topological polar surface area (TPSA) is 72.3 Å². The van der Waals surface area contributed by atoms with E-state index in [2.05, 4.69) is 20.3 Å². The maximum Gasteiger partial charge on any atom is 0.242 e. The van der Waals surface area contributed by atoms with Gasteiger partial charge in [-0.1, -0.05) is 30.3 Å². The third kappa shape index (κ3) is 4.64. The fourth-order valence-corrected chi connectivity index (χ4v) is 3.15. The molecule has 1 aliphatic rings. The first kappa shape index (κ1) is 17.6. The lowest BCUT2D eigenvalue weighted by molar-refractivity contribution is -0.131. The number of carbonyl (C=O) groups excluding carboxylic acids is 1. The van der Waals surface area contributed by atoms with E-state index < -0.39 is 0 Å². The summed E-state index contributed by atoms with van der Waals surface area (Å²) in [5.74, 6) is 0.0302. The number of ether oxygens (including phenoxy) is 1. The van der Waals surface area contributed by atoms with Crippen LogP contribution in [0.5, 0.6) is 0 Å². The number of morpholine rings is 1. The van der Waals surface area contributed by atoms with Crippen LogP contribution in [-0.2, 0) is 16.1 Å². The van der Waals surface area contributed by atoms with Crippen LogP contribution in [0.1, 0.15) is 25.5 Å². The molecule has 2 atom stereocenters. The molecule has 0 bridgehead atoms. The summed E-state index contributed by atoms with van der Waals surface area (Å²) in [6.45, 7) is 6.57. The number of aromatic nitrogens is 3. The summed E-state index contributed by atoms with van der Waals surface area (Å²) in [7, 11) is 0. The van der Waals surface area contributed by atoms with Crippen LogP contribution in [0.3, 0.4) is 0 Å². The van der Waals surface area contributed by atoms with E-state index >= 15 is 0 Å². The van der Waals surface area contributed by atoms with Gasteiger partial charge in [0.25, 0.3) is 0 Å². The number of carbonyl (C=O) groups is 1. The highest BCUT2D eigenvalue weighted by molar-refractivity contribution is 5.83. The van der Waals surface area contributed by atoms with E-state index in [4.69, 9.17) is 4.74 Å². The van der Waals surface area contributed by atoms with Crippen molar-refractivity contribution in [2.45, 2.75) is 38.6 Å². The molecule has 0 aliphatic carbocycles. The first-order chi connectivity index (χ1) is 12.1. The average molecular weight is 343 g/mol. The van der Waals surface area contributed by atoms with Gasteiger partial charge in [0.2, 0.25) is 5.91 Å². The summed E-state index contributed by atoms with van der Waals surface area (Å²) in [6.07, 6.45) is 3.18. The fourth-order valence-electron chi connectivity index (χ4n) is 3.15. The molecule has 1 amide bonds. The standard InChI is InChI=1S/C18H25N5O2/c1-14(2)21-18(24)17(15-6-4-3-5-7-15)22-8-9-25-16(10-22)11-23-13-19-12-20-23/h3-7,12-14,16-17H,8-11H2,1-2H3,(H,21,24)/t16-,17-/m1/s1. The van der Waals surface area contributed by atoms with Crippen LogP contribution >= 0.6 is 0 Å². The predicted molar refractivity (Wildman–Crippen MR) is 93.8 cm³/mol. The van der Waals surface area contributed by atoms with Crippen LogP contribution in [0.15, 0.2) is 43.0 Å². The van der Waals surface area contributed by atoms with E-state index in [1.165, 1.54) is 6.33 Å². The number of rotatable bonds is 6. The van der Waals surface area contributed by atoms with Crippen molar-refractivity contribution in [1.82, 2.24) is 25.0 Å². The number of amides is 1. The Morgan fingerprint density at radius 3 is 2.84 bits per heavy atom. The van der Waals surface area contributed by atoms with Gasteiger partial charge in [0.05, 0.1) is 19.3 Å². The van der Waals surface area contributed by atoms with Crippen molar-refractivity contribution < 1.29 is 9.53 Å². The summed E-state index contributed by atoms with van der Waals surface area (Å²) < 4.78 is 7.63. The fraction of sp³-hybridized carbons (Fsp3) is 0.500. The lowest BCUT2D eigenvalue weighted by Crippen LogP contribution is -2.50. The molecule has 0 radical (unpaired) electrons. The average Bonchev–Trinajstić information content (AvgIpc) is 3.09. The van der Waals surface area contributed by atoms with Crippen molar-refractivity contribution in [2.24, 2.45) is 0 Å². The Hall–Kier alpha value is -2.25. The van der Waals surface area contributed by atoms with Gasteiger partial charge in [0, 0.05) is 19.1 Å². The Morgan fingerprint density at radius 1 is 1.36 bits per heavy atom. The molecule has 0 spiro atoms. The van der Waals surface area contributed by atoms with Crippen LogP contribution in [0.2, 0.25) is 0 Å². The summed E-state index contributed by atoms with van der Waals surface area (Å²) in [5.41, 5.74) is 1.00. The lowest BCUT2D eigenvalue weighted by Gasteiger charge is -2.38. The van der Waals surface area contributed by atoms with E-state index in [9.17, 15) is 4.79 Å². The zero-order valence-corrected chi connectivity index (χ0v) is 14.7. The monoisotopic (exact) mass is 343 g/mol. The molecule has 7 heteroatoms. The Labute approximate surface area is 148 Å². The third-order valence-electron chi connectivity index (χ3n) is 4.19. The van der Waals surface area contributed by atoms with Crippen molar-refractivity contribution in [3.05, 3.63) is 48.5 Å². The molecule has 1 N–H and O–H groups in total. The molecule has 3 rings (SSSR count). The molecule has 134 valence electrons. The SMILES string of the molecule is CC(C)NC(=O)[C@@H](c1ccccc1)N1CCO[C@@H](Cn2cncn2)C1. The number of nitrogens with one attached hydrogen (secondary N) is 1. The summed E-state index contributed by atoms with van der Waals surface area (Å²) in [4.78, 5) is 19.0. The van der Waals surface area contributed by atoms with Crippen molar-refractivity contribution in [3.63, 3.8) is 0 Å². The first-order valence-electron chi connectivity index (χ1n) is 8.67. The van der Waals surface area contributed by atoms with E-state index in [1.807, 2.05) is 44.2 Å². The third-order valence-corrected chi connectivity index (χ3v) is 4.19. The first-order valence-corrected chi connectivity index (χ1v) is 8.67. The van der Waals surface area contributed by atoms with Crippen molar-refractivity contribution in [3.8, 4) is 0 Å². The highest BCUT2D eigenvalue weighted by Gasteiger charge is 2.32. The Morgan fingerprint density at radius 2 is 2.16 bits per heavy atom. The van der Waals surface area contributed by atoms with Gasteiger partial charge < -0.3 is 10.1 Å². The predicted octanol–water partition coefficient (Wildman–Crippen LogP) is 1.24. The van der Waals surface area contributed by atoms with Gasteiger partial charge >= 0.3 is 0 Å². The minimum absolute atomic E-state index is 0.0199. The second-order valence-corrected chi connectivity index (χ2v) is 6.58. The molecule has 1 aromatic heterocycles. The molecule has 1 fully saturated rings. The lowest BCUT2D eigenvalue weighted by atomic mass is 10.0. The van der Waals surface area contributed by atoms with Crippen LogP contribution in [0, 0.1) is 0 Å². The minimum atomic E-state index is -0.314. The largest absolute Gasteiger partial charge is 0.374 e. The van der Waals surface area contributed by atoms with Crippen molar-refractivity contribution in [1.29, 1.82) is 0 Å². The Kier molecular flexibility index (Phi) is 5.78. The maximum atomic E-state index is 12.9.